The van der Waals surface area contributed by atoms with E-state index >= 15 is 0 Å². The molecule has 31 heavy (non-hydrogen) atoms. The number of carbonyl (C=O) groups is 1. The second kappa shape index (κ2) is 10.4. The lowest BCUT2D eigenvalue weighted by molar-refractivity contribution is -0.133. The van der Waals surface area contributed by atoms with Gasteiger partial charge in [0.25, 0.3) is 0 Å². The number of methoxy groups -OCH3 is 1. The van der Waals surface area contributed by atoms with E-state index in [1.807, 2.05) is 38.1 Å². The van der Waals surface area contributed by atoms with Crippen molar-refractivity contribution < 1.29 is 22.4 Å². The van der Waals surface area contributed by atoms with Crippen molar-refractivity contribution >= 4 is 15.9 Å². The van der Waals surface area contributed by atoms with Gasteiger partial charge in [-0.1, -0.05) is 17.7 Å². The number of aryl methyl sites for hydroxylation is 4. The minimum Gasteiger partial charge on any atom is -0.464 e. The SMILES string of the molecule is COCCN(Cc1ccc(C)o1)C(=O)CN(C(C)C)S(=O)(=O)c1c(C)cc(C)cc1C. The zero-order valence-electron chi connectivity index (χ0n) is 19.6. The molecule has 0 aliphatic carbocycles. The second-order valence-corrected chi connectivity index (χ2v) is 10.0. The Morgan fingerprint density at radius 1 is 1.10 bits per heavy atom. The molecule has 0 saturated heterocycles. The summed E-state index contributed by atoms with van der Waals surface area (Å²) in [6.07, 6.45) is 0. The van der Waals surface area contributed by atoms with Crippen LogP contribution in [-0.2, 0) is 26.1 Å². The summed E-state index contributed by atoms with van der Waals surface area (Å²) >= 11 is 0. The van der Waals surface area contributed by atoms with E-state index < -0.39 is 10.0 Å². The molecule has 0 bridgehead atoms. The van der Waals surface area contributed by atoms with Gasteiger partial charge >= 0.3 is 0 Å². The van der Waals surface area contributed by atoms with E-state index in [1.54, 1.807) is 39.7 Å². The van der Waals surface area contributed by atoms with Crippen LogP contribution >= 0.6 is 0 Å². The Hall–Kier alpha value is -2.16. The van der Waals surface area contributed by atoms with Crippen molar-refractivity contribution in [3.8, 4) is 0 Å². The number of rotatable bonds is 10. The highest BCUT2D eigenvalue weighted by molar-refractivity contribution is 7.89. The molecule has 0 atom stereocenters. The normalized spacial score (nSPS) is 12.0. The third-order valence-corrected chi connectivity index (χ3v) is 7.43. The molecule has 1 heterocycles. The lowest BCUT2D eigenvalue weighted by Gasteiger charge is -2.30. The van der Waals surface area contributed by atoms with Gasteiger partial charge in [0.05, 0.1) is 24.6 Å². The summed E-state index contributed by atoms with van der Waals surface area (Å²) in [5, 5.41) is 0. The number of benzene rings is 1. The number of hydrogen-bond acceptors (Lipinski definition) is 5. The molecule has 0 unspecified atom stereocenters. The van der Waals surface area contributed by atoms with Gasteiger partial charge in [0.1, 0.15) is 11.5 Å². The Kier molecular flexibility index (Phi) is 8.45. The van der Waals surface area contributed by atoms with Crippen LogP contribution < -0.4 is 0 Å². The van der Waals surface area contributed by atoms with Gasteiger partial charge in [-0.15, -0.1) is 0 Å². The Balaban J connectivity index is 2.34. The standard InChI is InChI=1S/C23H34N2O5S/c1-16(2)25(31(27,28)23-18(4)12-17(3)13-19(23)5)15-22(26)24(10-11-29-7)14-21-9-8-20(6)30-21/h8-9,12-13,16H,10-11,14-15H2,1-7H3. The van der Waals surface area contributed by atoms with Crippen molar-refractivity contribution in [2.45, 2.75) is 59.0 Å². The van der Waals surface area contributed by atoms with Crippen LogP contribution in [-0.4, -0.2) is 56.4 Å². The topological polar surface area (TPSA) is 80.1 Å². The quantitative estimate of drug-likeness (QED) is 0.553. The van der Waals surface area contributed by atoms with Crippen LogP contribution in [0.25, 0.3) is 0 Å². The zero-order valence-corrected chi connectivity index (χ0v) is 20.4. The molecule has 1 aromatic heterocycles. The minimum absolute atomic E-state index is 0.254. The van der Waals surface area contributed by atoms with Gasteiger partial charge in [0, 0.05) is 19.7 Å². The largest absolute Gasteiger partial charge is 0.464 e. The van der Waals surface area contributed by atoms with Crippen LogP contribution in [0.1, 0.15) is 42.1 Å². The monoisotopic (exact) mass is 450 g/mol. The first kappa shape index (κ1) is 25.1. The number of furan rings is 1. The maximum atomic E-state index is 13.6. The molecule has 8 heteroatoms. The highest BCUT2D eigenvalue weighted by Crippen LogP contribution is 2.26. The van der Waals surface area contributed by atoms with Gasteiger partial charge in [-0.3, -0.25) is 4.79 Å². The van der Waals surface area contributed by atoms with Gasteiger partial charge in [-0.2, -0.15) is 4.31 Å². The highest BCUT2D eigenvalue weighted by Gasteiger charge is 2.33. The van der Waals surface area contributed by atoms with Crippen molar-refractivity contribution in [3.63, 3.8) is 0 Å². The number of nitrogens with zero attached hydrogens (tertiary/aromatic N) is 2. The van der Waals surface area contributed by atoms with E-state index in [9.17, 15) is 13.2 Å². The number of ether oxygens (including phenoxy) is 1. The predicted octanol–water partition coefficient (Wildman–Crippen LogP) is 3.59. The second-order valence-electron chi connectivity index (χ2n) is 8.19. The fraction of sp³-hybridized carbons (Fsp3) is 0.522. The first-order chi connectivity index (χ1) is 14.5. The summed E-state index contributed by atoms with van der Waals surface area (Å²) < 4.78 is 39.2. The van der Waals surface area contributed by atoms with E-state index in [2.05, 4.69) is 0 Å². The van der Waals surface area contributed by atoms with Crippen molar-refractivity contribution in [3.05, 3.63) is 52.5 Å². The maximum absolute atomic E-state index is 13.6. The Bertz CT molecular complexity index is 988. The molecule has 7 nitrogen and oxygen atoms in total. The number of amides is 1. The number of sulfonamides is 1. The highest BCUT2D eigenvalue weighted by atomic mass is 32.2. The summed E-state index contributed by atoms with van der Waals surface area (Å²) in [5.41, 5.74) is 2.36. The van der Waals surface area contributed by atoms with Crippen LogP contribution in [0.2, 0.25) is 0 Å². The molecule has 0 saturated carbocycles. The molecule has 0 N–H and O–H groups in total. The molecule has 2 rings (SSSR count). The molecule has 1 aromatic carbocycles. The van der Waals surface area contributed by atoms with Crippen molar-refractivity contribution in [2.24, 2.45) is 0 Å². The van der Waals surface area contributed by atoms with Gasteiger partial charge in [-0.25, -0.2) is 8.42 Å². The maximum Gasteiger partial charge on any atom is 0.244 e. The first-order valence-electron chi connectivity index (χ1n) is 10.4. The molecule has 1 amide bonds. The number of carbonyl (C=O) groups excluding carboxylic acids is 1. The van der Waals surface area contributed by atoms with E-state index in [0.29, 0.717) is 30.0 Å². The summed E-state index contributed by atoms with van der Waals surface area (Å²) in [6.45, 7) is 11.6. The molecular weight excluding hydrogens is 416 g/mol. The molecule has 172 valence electrons. The minimum atomic E-state index is -3.87. The summed E-state index contributed by atoms with van der Waals surface area (Å²) in [7, 11) is -2.30. The molecule has 0 fully saturated rings. The van der Waals surface area contributed by atoms with Crippen LogP contribution in [0.5, 0.6) is 0 Å². The van der Waals surface area contributed by atoms with Crippen LogP contribution in [0, 0.1) is 27.7 Å². The van der Waals surface area contributed by atoms with Gasteiger partial charge in [-0.05, 0) is 64.8 Å². The fourth-order valence-electron chi connectivity index (χ4n) is 3.72. The molecule has 0 aliphatic heterocycles. The van der Waals surface area contributed by atoms with Gasteiger partial charge < -0.3 is 14.1 Å². The third-order valence-electron chi connectivity index (χ3n) is 5.10. The molecule has 2 aromatic rings. The van der Waals surface area contributed by atoms with Crippen LogP contribution in [0.15, 0.2) is 33.6 Å². The predicted molar refractivity (Wildman–Crippen MR) is 120 cm³/mol. The van der Waals surface area contributed by atoms with Gasteiger partial charge in [0.2, 0.25) is 15.9 Å². The van der Waals surface area contributed by atoms with Crippen LogP contribution in [0.3, 0.4) is 0 Å². The van der Waals surface area contributed by atoms with Crippen molar-refractivity contribution in [1.82, 2.24) is 9.21 Å². The van der Waals surface area contributed by atoms with E-state index in [1.165, 1.54) is 4.31 Å². The summed E-state index contributed by atoms with van der Waals surface area (Å²) in [6, 6.07) is 6.97. The van der Waals surface area contributed by atoms with Gasteiger partial charge in [0.15, 0.2) is 0 Å². The zero-order chi connectivity index (χ0) is 23.3. The van der Waals surface area contributed by atoms with Crippen LogP contribution in [0.4, 0.5) is 0 Å². The van der Waals surface area contributed by atoms with Crippen molar-refractivity contribution in [2.75, 3.05) is 26.8 Å². The molecular formula is C23H34N2O5S. The molecule has 0 radical (unpaired) electrons. The fourth-order valence-corrected chi connectivity index (χ4v) is 5.72. The summed E-state index contributed by atoms with van der Waals surface area (Å²) in [5.74, 6) is 1.10. The average molecular weight is 451 g/mol. The Labute approximate surface area is 186 Å². The first-order valence-corrected chi connectivity index (χ1v) is 11.8. The smallest absolute Gasteiger partial charge is 0.244 e. The van der Waals surface area contributed by atoms with E-state index in [-0.39, 0.29) is 29.9 Å². The van der Waals surface area contributed by atoms with Crippen molar-refractivity contribution in [1.29, 1.82) is 0 Å². The Morgan fingerprint density at radius 2 is 1.71 bits per heavy atom. The Morgan fingerprint density at radius 3 is 2.19 bits per heavy atom. The molecule has 0 aliphatic rings. The molecule has 0 spiro atoms. The average Bonchev–Trinajstić information content (AvgIpc) is 3.06. The third kappa shape index (κ3) is 6.18. The summed E-state index contributed by atoms with van der Waals surface area (Å²) in [4.78, 5) is 15.0. The van der Waals surface area contributed by atoms with E-state index in [4.69, 9.17) is 9.15 Å². The van der Waals surface area contributed by atoms with E-state index in [0.717, 1.165) is 11.3 Å². The lowest BCUT2D eigenvalue weighted by atomic mass is 10.1. The lowest BCUT2D eigenvalue weighted by Crippen LogP contribution is -2.46. The number of hydrogen-bond donors (Lipinski definition) is 0.